The minimum absolute atomic E-state index is 0.215. The Balaban J connectivity index is 1.57. The summed E-state index contributed by atoms with van der Waals surface area (Å²) in [5.74, 6) is 6.50. The van der Waals surface area contributed by atoms with Gasteiger partial charge in [0.05, 0.1) is 29.4 Å². The summed E-state index contributed by atoms with van der Waals surface area (Å²) in [6.45, 7) is 2.19. The predicted octanol–water partition coefficient (Wildman–Crippen LogP) is 3.68. The number of hydrogen-bond donors (Lipinski definition) is 1. The van der Waals surface area contributed by atoms with E-state index >= 15 is 0 Å². The third kappa shape index (κ3) is 4.12. The van der Waals surface area contributed by atoms with E-state index in [2.05, 4.69) is 37.5 Å². The van der Waals surface area contributed by atoms with Gasteiger partial charge in [-0.1, -0.05) is 41.9 Å². The SMILES string of the molecule is Cc1nc(I)ncc1OC[C@@]1(c2ccccc2)C[C@H]1C(=O)N(N)c1ccc(Cl)cn1. The summed E-state index contributed by atoms with van der Waals surface area (Å²) in [6, 6.07) is 13.1. The molecule has 1 amide bonds. The highest BCUT2D eigenvalue weighted by molar-refractivity contribution is 14.1. The molecule has 0 bridgehead atoms. The van der Waals surface area contributed by atoms with Crippen molar-refractivity contribution in [2.45, 2.75) is 18.8 Å². The predicted molar refractivity (Wildman–Crippen MR) is 122 cm³/mol. The average molecular weight is 536 g/mol. The average Bonchev–Trinajstić information content (AvgIpc) is 3.49. The van der Waals surface area contributed by atoms with Gasteiger partial charge < -0.3 is 4.74 Å². The van der Waals surface area contributed by atoms with Crippen LogP contribution in [0.4, 0.5) is 5.82 Å². The van der Waals surface area contributed by atoms with Crippen LogP contribution >= 0.6 is 34.2 Å². The minimum atomic E-state index is -0.474. The van der Waals surface area contributed by atoms with E-state index in [4.69, 9.17) is 22.2 Å². The monoisotopic (exact) mass is 535 g/mol. The van der Waals surface area contributed by atoms with Crippen molar-refractivity contribution in [3.63, 3.8) is 0 Å². The van der Waals surface area contributed by atoms with Gasteiger partial charge in [0.1, 0.15) is 5.82 Å². The molecule has 0 saturated heterocycles. The zero-order valence-corrected chi connectivity index (χ0v) is 19.0. The number of hydrazine groups is 1. The van der Waals surface area contributed by atoms with Gasteiger partial charge in [-0.05, 0) is 31.0 Å². The van der Waals surface area contributed by atoms with E-state index in [0.717, 1.165) is 16.3 Å². The summed E-state index contributed by atoms with van der Waals surface area (Å²) < 4.78 is 6.74. The zero-order valence-electron chi connectivity index (χ0n) is 16.1. The first-order valence-electron chi connectivity index (χ1n) is 9.28. The highest BCUT2D eigenvalue weighted by Crippen LogP contribution is 2.55. The Bertz CT molecular complexity index is 1070. The maximum absolute atomic E-state index is 13.1. The fourth-order valence-corrected chi connectivity index (χ4v) is 4.14. The Kier molecular flexibility index (Phi) is 5.90. The van der Waals surface area contributed by atoms with E-state index in [1.165, 1.54) is 6.20 Å². The first kappa shape index (κ1) is 21.0. The molecule has 2 N–H and O–H groups in total. The molecule has 0 unspecified atom stereocenters. The summed E-state index contributed by atoms with van der Waals surface area (Å²) in [5, 5.41) is 1.57. The number of carbonyl (C=O) groups is 1. The van der Waals surface area contributed by atoms with E-state index in [9.17, 15) is 4.79 Å². The lowest BCUT2D eigenvalue weighted by Crippen LogP contribution is -2.41. The Morgan fingerprint density at radius 3 is 2.70 bits per heavy atom. The largest absolute Gasteiger partial charge is 0.489 e. The van der Waals surface area contributed by atoms with Gasteiger partial charge in [-0.25, -0.2) is 25.8 Å². The van der Waals surface area contributed by atoms with Crippen LogP contribution in [0, 0.1) is 16.7 Å². The third-order valence-electron chi connectivity index (χ3n) is 5.31. The molecule has 3 aromatic rings. The molecule has 30 heavy (non-hydrogen) atoms. The first-order chi connectivity index (χ1) is 14.4. The number of hydrogen-bond acceptors (Lipinski definition) is 6. The number of nitrogens with zero attached hydrogens (tertiary/aromatic N) is 4. The fourth-order valence-electron chi connectivity index (χ4n) is 3.53. The summed E-state index contributed by atoms with van der Waals surface area (Å²) in [4.78, 5) is 25.8. The number of rotatable bonds is 6. The van der Waals surface area contributed by atoms with E-state index in [0.29, 0.717) is 33.4 Å². The molecule has 154 valence electrons. The van der Waals surface area contributed by atoms with E-state index in [-0.39, 0.29) is 11.8 Å². The topological polar surface area (TPSA) is 94.2 Å². The fraction of sp³-hybridized carbons (Fsp3) is 0.238. The Morgan fingerprint density at radius 1 is 1.27 bits per heavy atom. The van der Waals surface area contributed by atoms with Crippen LogP contribution in [0.15, 0.2) is 54.9 Å². The molecule has 7 nitrogen and oxygen atoms in total. The Morgan fingerprint density at radius 2 is 2.03 bits per heavy atom. The lowest BCUT2D eigenvalue weighted by Gasteiger charge is -2.21. The normalized spacial score (nSPS) is 19.9. The number of carbonyl (C=O) groups excluding carboxylic acids is 1. The van der Waals surface area contributed by atoms with E-state index in [1.54, 1.807) is 18.3 Å². The summed E-state index contributed by atoms with van der Waals surface area (Å²) in [6.07, 6.45) is 3.75. The smallest absolute Gasteiger partial charge is 0.246 e. The number of benzene rings is 1. The molecule has 2 atom stereocenters. The van der Waals surface area contributed by atoms with E-state index < -0.39 is 5.41 Å². The Hall–Kier alpha value is -2.30. The van der Waals surface area contributed by atoms with Crippen LogP contribution in [-0.2, 0) is 10.2 Å². The maximum atomic E-state index is 13.1. The number of amides is 1. The highest BCUT2D eigenvalue weighted by Gasteiger charge is 2.61. The van der Waals surface area contributed by atoms with Crippen molar-refractivity contribution in [2.24, 2.45) is 11.8 Å². The molecule has 0 radical (unpaired) electrons. The van der Waals surface area contributed by atoms with Gasteiger partial charge in [-0.15, -0.1) is 0 Å². The molecular weight excluding hydrogens is 517 g/mol. The molecule has 1 fully saturated rings. The van der Waals surface area contributed by atoms with Crippen LogP contribution < -0.4 is 15.6 Å². The number of halogens is 2. The van der Waals surface area contributed by atoms with Crippen molar-refractivity contribution >= 4 is 45.9 Å². The molecule has 2 heterocycles. The highest BCUT2D eigenvalue weighted by atomic mass is 127. The first-order valence-corrected chi connectivity index (χ1v) is 10.7. The van der Waals surface area contributed by atoms with Crippen LogP contribution in [0.5, 0.6) is 5.75 Å². The van der Waals surface area contributed by atoms with Crippen molar-refractivity contribution < 1.29 is 9.53 Å². The molecule has 1 saturated carbocycles. The number of nitrogens with two attached hydrogens (primary N) is 1. The third-order valence-corrected chi connectivity index (χ3v) is 6.05. The van der Waals surface area contributed by atoms with Crippen LogP contribution in [-0.4, -0.2) is 27.5 Å². The summed E-state index contributed by atoms with van der Waals surface area (Å²) in [7, 11) is 0. The van der Waals surface area contributed by atoms with Gasteiger partial charge in [-0.3, -0.25) is 4.79 Å². The maximum Gasteiger partial charge on any atom is 0.246 e. The van der Waals surface area contributed by atoms with Gasteiger partial charge in [-0.2, -0.15) is 0 Å². The van der Waals surface area contributed by atoms with Gasteiger partial charge in [0, 0.05) is 34.2 Å². The Labute approximate surface area is 192 Å². The molecule has 1 aliphatic carbocycles. The molecule has 2 aromatic heterocycles. The minimum Gasteiger partial charge on any atom is -0.489 e. The summed E-state index contributed by atoms with van der Waals surface area (Å²) in [5.41, 5.74) is 1.31. The standard InChI is InChI=1S/C21H19ClIN5O2/c1-13-17(11-26-20(23)27-13)30-12-21(14-5-3-2-4-6-14)9-16(21)19(29)28(24)18-8-7-15(22)10-25-18/h2-8,10-11,16H,9,12,24H2,1H3/t16-,21+/m0/s1. The molecular formula is C21H19ClIN5O2. The second kappa shape index (κ2) is 8.44. The number of ether oxygens (including phenoxy) is 1. The lowest BCUT2D eigenvalue weighted by molar-refractivity contribution is -0.120. The molecule has 0 spiro atoms. The molecule has 9 heteroatoms. The van der Waals surface area contributed by atoms with Crippen LogP contribution in [0.3, 0.4) is 0 Å². The van der Waals surface area contributed by atoms with Gasteiger partial charge in [0.25, 0.3) is 0 Å². The molecule has 0 aliphatic heterocycles. The number of pyridine rings is 1. The quantitative estimate of drug-likeness (QED) is 0.170. The molecule has 4 rings (SSSR count). The van der Waals surface area contributed by atoms with Crippen molar-refractivity contribution in [3.8, 4) is 5.75 Å². The number of aromatic nitrogens is 3. The van der Waals surface area contributed by atoms with Crippen LogP contribution in [0.1, 0.15) is 17.7 Å². The summed E-state index contributed by atoms with van der Waals surface area (Å²) >= 11 is 7.94. The van der Waals surface area contributed by atoms with Crippen LogP contribution in [0.25, 0.3) is 0 Å². The van der Waals surface area contributed by atoms with Crippen LogP contribution in [0.2, 0.25) is 5.02 Å². The number of aryl methyl sites for hydroxylation is 1. The zero-order chi connectivity index (χ0) is 21.3. The molecule has 1 aliphatic rings. The van der Waals surface area contributed by atoms with Gasteiger partial charge >= 0.3 is 0 Å². The second-order valence-electron chi connectivity index (χ2n) is 7.20. The van der Waals surface area contributed by atoms with Gasteiger partial charge in [0.15, 0.2) is 9.58 Å². The van der Waals surface area contributed by atoms with E-state index in [1.807, 2.05) is 37.3 Å². The van der Waals surface area contributed by atoms with Crippen molar-refractivity contribution in [3.05, 3.63) is 75.0 Å². The molecule has 1 aromatic carbocycles. The number of anilines is 1. The second-order valence-corrected chi connectivity index (χ2v) is 8.60. The van der Waals surface area contributed by atoms with Crippen molar-refractivity contribution in [1.82, 2.24) is 15.0 Å². The van der Waals surface area contributed by atoms with Gasteiger partial charge in [0.2, 0.25) is 5.91 Å². The van der Waals surface area contributed by atoms with Crippen molar-refractivity contribution in [1.29, 1.82) is 0 Å². The lowest BCUT2D eigenvalue weighted by atomic mass is 9.93. The van der Waals surface area contributed by atoms with Crippen molar-refractivity contribution in [2.75, 3.05) is 11.6 Å².